The second-order valence-electron chi connectivity index (χ2n) is 6.52. The standard InChI is InChI=1S/C20H24N2O3/c23-19(11-10-17-7-2-1-3-8-17)22(15-18-9-6-14-25-18)16-20(24)21-12-4-5-13-21/h1-3,7-8,18H,4-6,9,12-16H2. The molecule has 1 aromatic carbocycles. The molecular formula is C20H24N2O3. The van der Waals surface area contributed by atoms with E-state index in [1.54, 1.807) is 4.90 Å². The molecule has 0 spiro atoms. The molecule has 2 amide bonds. The maximum absolute atomic E-state index is 12.6. The minimum Gasteiger partial charge on any atom is -0.376 e. The van der Waals surface area contributed by atoms with Crippen molar-refractivity contribution in [3.63, 3.8) is 0 Å². The first-order valence-electron chi connectivity index (χ1n) is 8.98. The molecule has 5 heteroatoms. The molecule has 1 atom stereocenters. The molecule has 132 valence electrons. The number of hydrogen-bond acceptors (Lipinski definition) is 3. The van der Waals surface area contributed by atoms with Crippen LogP contribution in [0.25, 0.3) is 0 Å². The van der Waals surface area contributed by atoms with E-state index in [9.17, 15) is 9.59 Å². The van der Waals surface area contributed by atoms with Crippen LogP contribution in [0.1, 0.15) is 31.2 Å². The lowest BCUT2D eigenvalue weighted by atomic mass is 10.2. The maximum atomic E-state index is 12.6. The van der Waals surface area contributed by atoms with Gasteiger partial charge in [-0.25, -0.2) is 0 Å². The highest BCUT2D eigenvalue weighted by Crippen LogP contribution is 2.14. The zero-order valence-corrected chi connectivity index (χ0v) is 14.4. The monoisotopic (exact) mass is 340 g/mol. The minimum absolute atomic E-state index is 0.00496. The highest BCUT2D eigenvalue weighted by atomic mass is 16.5. The molecule has 2 aliphatic heterocycles. The quantitative estimate of drug-likeness (QED) is 0.784. The summed E-state index contributed by atoms with van der Waals surface area (Å²) < 4.78 is 5.64. The van der Waals surface area contributed by atoms with E-state index in [4.69, 9.17) is 4.74 Å². The predicted octanol–water partition coefficient (Wildman–Crippen LogP) is 1.67. The van der Waals surface area contributed by atoms with Gasteiger partial charge in [0.1, 0.15) is 6.54 Å². The van der Waals surface area contributed by atoms with Gasteiger partial charge < -0.3 is 14.5 Å². The summed E-state index contributed by atoms with van der Waals surface area (Å²) in [6.07, 6.45) is 4.02. The normalized spacial score (nSPS) is 19.4. The molecule has 25 heavy (non-hydrogen) atoms. The molecule has 1 aromatic rings. The number of amides is 2. The van der Waals surface area contributed by atoms with Gasteiger partial charge in [0.15, 0.2) is 0 Å². The van der Waals surface area contributed by atoms with Crippen LogP contribution in [0.2, 0.25) is 0 Å². The SMILES string of the molecule is O=C(C#Cc1ccccc1)N(CC(=O)N1CCCC1)CC1CCCO1. The van der Waals surface area contributed by atoms with Gasteiger partial charge in [-0.05, 0) is 37.8 Å². The van der Waals surface area contributed by atoms with Crippen molar-refractivity contribution in [2.45, 2.75) is 31.8 Å². The Balaban J connectivity index is 1.67. The molecule has 3 rings (SSSR count). The van der Waals surface area contributed by atoms with Gasteiger partial charge in [0.2, 0.25) is 5.91 Å². The zero-order chi connectivity index (χ0) is 17.5. The molecule has 1 unspecified atom stereocenters. The Morgan fingerprint density at radius 3 is 2.60 bits per heavy atom. The molecule has 0 aliphatic carbocycles. The summed E-state index contributed by atoms with van der Waals surface area (Å²) >= 11 is 0. The Kier molecular flexibility index (Phi) is 6.08. The molecule has 0 N–H and O–H groups in total. The van der Waals surface area contributed by atoms with Gasteiger partial charge in [-0.2, -0.15) is 0 Å². The number of benzene rings is 1. The summed E-state index contributed by atoms with van der Waals surface area (Å²) in [4.78, 5) is 28.4. The van der Waals surface area contributed by atoms with E-state index in [0.717, 1.165) is 50.9 Å². The fraction of sp³-hybridized carbons (Fsp3) is 0.500. The van der Waals surface area contributed by atoms with Crippen LogP contribution in [0, 0.1) is 11.8 Å². The van der Waals surface area contributed by atoms with Gasteiger partial charge in [-0.1, -0.05) is 24.1 Å². The maximum Gasteiger partial charge on any atom is 0.299 e. The lowest BCUT2D eigenvalue weighted by Gasteiger charge is -2.25. The molecule has 0 aromatic heterocycles. The third-order valence-electron chi connectivity index (χ3n) is 4.61. The Bertz CT molecular complexity index is 651. The number of ether oxygens (including phenoxy) is 1. The lowest BCUT2D eigenvalue weighted by molar-refractivity contribution is -0.138. The van der Waals surface area contributed by atoms with Crippen molar-refractivity contribution >= 4 is 11.8 Å². The number of carbonyl (C=O) groups excluding carboxylic acids is 2. The van der Waals surface area contributed by atoms with E-state index in [1.165, 1.54) is 0 Å². The predicted molar refractivity (Wildman–Crippen MR) is 94.7 cm³/mol. The average molecular weight is 340 g/mol. The third kappa shape index (κ3) is 5.07. The van der Waals surface area contributed by atoms with Gasteiger partial charge in [0.05, 0.1) is 6.10 Å². The van der Waals surface area contributed by atoms with Crippen molar-refractivity contribution in [3.8, 4) is 11.8 Å². The van der Waals surface area contributed by atoms with Crippen LogP contribution in [-0.4, -0.2) is 60.5 Å². The van der Waals surface area contributed by atoms with E-state index >= 15 is 0 Å². The largest absolute Gasteiger partial charge is 0.376 e. The van der Waals surface area contributed by atoms with Crippen LogP contribution in [0.5, 0.6) is 0 Å². The first-order valence-corrected chi connectivity index (χ1v) is 8.98. The van der Waals surface area contributed by atoms with Crippen LogP contribution in [-0.2, 0) is 14.3 Å². The van der Waals surface area contributed by atoms with Crippen LogP contribution in [0.15, 0.2) is 30.3 Å². The topological polar surface area (TPSA) is 49.9 Å². The lowest BCUT2D eigenvalue weighted by Crippen LogP contribution is -2.44. The number of hydrogen-bond donors (Lipinski definition) is 0. The smallest absolute Gasteiger partial charge is 0.299 e. The number of rotatable bonds is 4. The van der Waals surface area contributed by atoms with Crippen LogP contribution in [0.4, 0.5) is 0 Å². The van der Waals surface area contributed by atoms with Gasteiger partial charge in [0.25, 0.3) is 5.91 Å². The van der Waals surface area contributed by atoms with Crippen molar-refractivity contribution in [2.24, 2.45) is 0 Å². The van der Waals surface area contributed by atoms with Crippen molar-refractivity contribution in [3.05, 3.63) is 35.9 Å². The molecule has 2 saturated heterocycles. The molecule has 2 fully saturated rings. The van der Waals surface area contributed by atoms with Crippen molar-refractivity contribution in [1.29, 1.82) is 0 Å². The molecule has 0 radical (unpaired) electrons. The highest BCUT2D eigenvalue weighted by Gasteiger charge is 2.26. The van der Waals surface area contributed by atoms with E-state index in [-0.39, 0.29) is 24.5 Å². The average Bonchev–Trinajstić information content (AvgIpc) is 3.33. The third-order valence-corrected chi connectivity index (χ3v) is 4.61. The Morgan fingerprint density at radius 1 is 1.16 bits per heavy atom. The molecular weight excluding hydrogens is 316 g/mol. The van der Waals surface area contributed by atoms with E-state index < -0.39 is 0 Å². The second-order valence-corrected chi connectivity index (χ2v) is 6.52. The summed E-state index contributed by atoms with van der Waals surface area (Å²) in [5, 5.41) is 0. The zero-order valence-electron chi connectivity index (χ0n) is 14.4. The fourth-order valence-electron chi connectivity index (χ4n) is 3.21. The van der Waals surface area contributed by atoms with Crippen molar-refractivity contribution in [1.82, 2.24) is 9.80 Å². The summed E-state index contributed by atoms with van der Waals surface area (Å²) in [5.74, 6) is 5.26. The molecule has 2 heterocycles. The van der Waals surface area contributed by atoms with Crippen molar-refractivity contribution in [2.75, 3.05) is 32.8 Å². The van der Waals surface area contributed by atoms with Gasteiger partial charge in [0, 0.05) is 37.7 Å². The summed E-state index contributed by atoms with van der Waals surface area (Å²) in [7, 11) is 0. The van der Waals surface area contributed by atoms with E-state index in [1.807, 2.05) is 35.2 Å². The van der Waals surface area contributed by atoms with Gasteiger partial charge in [-0.3, -0.25) is 9.59 Å². The molecule has 2 aliphatic rings. The summed E-state index contributed by atoms with van der Waals surface area (Å²) in [6, 6.07) is 9.40. The van der Waals surface area contributed by atoms with Crippen molar-refractivity contribution < 1.29 is 14.3 Å². The fourth-order valence-corrected chi connectivity index (χ4v) is 3.21. The number of likely N-dealkylation sites (tertiary alicyclic amines) is 1. The Labute approximate surface area is 148 Å². The van der Waals surface area contributed by atoms with Crippen LogP contribution in [0.3, 0.4) is 0 Å². The van der Waals surface area contributed by atoms with Gasteiger partial charge >= 0.3 is 0 Å². The first-order chi connectivity index (χ1) is 12.2. The Hall–Kier alpha value is -2.32. The van der Waals surface area contributed by atoms with Gasteiger partial charge in [-0.15, -0.1) is 0 Å². The second kappa shape index (κ2) is 8.68. The molecule has 5 nitrogen and oxygen atoms in total. The summed E-state index contributed by atoms with van der Waals surface area (Å²) in [6.45, 7) is 2.82. The first kappa shape index (κ1) is 17.5. The number of nitrogens with zero attached hydrogens (tertiary/aromatic N) is 2. The minimum atomic E-state index is -0.313. The molecule has 0 saturated carbocycles. The number of carbonyl (C=O) groups is 2. The molecule has 0 bridgehead atoms. The van der Waals surface area contributed by atoms with Crippen LogP contribution < -0.4 is 0 Å². The summed E-state index contributed by atoms with van der Waals surface area (Å²) in [5.41, 5.74) is 0.791. The Morgan fingerprint density at radius 2 is 1.92 bits per heavy atom. The highest BCUT2D eigenvalue weighted by molar-refractivity contribution is 5.96. The van der Waals surface area contributed by atoms with E-state index in [2.05, 4.69) is 11.8 Å². The van der Waals surface area contributed by atoms with Crippen LogP contribution >= 0.6 is 0 Å². The van der Waals surface area contributed by atoms with E-state index in [0.29, 0.717) is 6.54 Å².